The van der Waals surface area contributed by atoms with E-state index in [1.165, 1.54) is 0 Å². The molecule has 0 aromatic heterocycles. The van der Waals surface area contributed by atoms with Crippen LogP contribution in [0.3, 0.4) is 0 Å². The lowest BCUT2D eigenvalue weighted by atomic mass is 10.1. The number of nitrogens with one attached hydrogen (secondary N) is 1. The standard InChI is InChI=1S/C14H16N2O3/c15-10-11-3-1-4-12(9-11)14(17)16-6-5-13-18-7-2-8-19-13/h1,3-4,9,13H,2,5-8H2,(H,16,17). The van der Waals surface area contributed by atoms with E-state index < -0.39 is 0 Å². The summed E-state index contributed by atoms with van der Waals surface area (Å²) in [4.78, 5) is 11.9. The van der Waals surface area contributed by atoms with Crippen LogP contribution in [-0.4, -0.2) is 32.0 Å². The largest absolute Gasteiger partial charge is 0.353 e. The molecule has 1 aromatic rings. The summed E-state index contributed by atoms with van der Waals surface area (Å²) in [5.74, 6) is -0.187. The van der Waals surface area contributed by atoms with Gasteiger partial charge < -0.3 is 14.8 Å². The van der Waals surface area contributed by atoms with Gasteiger partial charge in [-0.1, -0.05) is 6.07 Å². The Labute approximate surface area is 112 Å². The van der Waals surface area contributed by atoms with Gasteiger partial charge in [0.05, 0.1) is 24.8 Å². The molecule has 1 amide bonds. The summed E-state index contributed by atoms with van der Waals surface area (Å²) in [5.41, 5.74) is 0.969. The van der Waals surface area contributed by atoms with Crippen LogP contribution < -0.4 is 5.32 Å². The van der Waals surface area contributed by atoms with Gasteiger partial charge in [-0.15, -0.1) is 0 Å². The summed E-state index contributed by atoms with van der Waals surface area (Å²) in [6.07, 6.45) is 1.33. The maximum Gasteiger partial charge on any atom is 0.251 e. The number of nitrogens with zero attached hydrogens (tertiary/aromatic N) is 1. The molecule has 5 heteroatoms. The van der Waals surface area contributed by atoms with E-state index in [1.807, 2.05) is 6.07 Å². The van der Waals surface area contributed by atoms with Crippen LogP contribution >= 0.6 is 0 Å². The van der Waals surface area contributed by atoms with E-state index >= 15 is 0 Å². The number of hydrogen-bond donors (Lipinski definition) is 1. The average Bonchev–Trinajstić information content (AvgIpc) is 2.48. The monoisotopic (exact) mass is 260 g/mol. The first-order chi connectivity index (χ1) is 9.29. The molecule has 1 aliphatic rings. The Bertz CT molecular complexity index is 476. The second-order valence-electron chi connectivity index (χ2n) is 4.26. The van der Waals surface area contributed by atoms with Gasteiger partial charge in [0.25, 0.3) is 5.91 Å². The van der Waals surface area contributed by atoms with Crippen molar-refractivity contribution in [3.63, 3.8) is 0 Å². The quantitative estimate of drug-likeness (QED) is 0.889. The highest BCUT2D eigenvalue weighted by Gasteiger charge is 2.14. The topological polar surface area (TPSA) is 71.4 Å². The van der Waals surface area contributed by atoms with Crippen LogP contribution in [0.4, 0.5) is 0 Å². The zero-order chi connectivity index (χ0) is 13.5. The third-order valence-electron chi connectivity index (χ3n) is 2.82. The molecule has 0 radical (unpaired) electrons. The molecular formula is C14H16N2O3. The van der Waals surface area contributed by atoms with Gasteiger partial charge in [0.1, 0.15) is 0 Å². The predicted molar refractivity (Wildman–Crippen MR) is 68.4 cm³/mol. The van der Waals surface area contributed by atoms with E-state index in [2.05, 4.69) is 5.32 Å². The van der Waals surface area contributed by atoms with Crippen molar-refractivity contribution in [1.29, 1.82) is 5.26 Å². The average molecular weight is 260 g/mol. The molecule has 1 saturated heterocycles. The summed E-state index contributed by atoms with van der Waals surface area (Å²) in [7, 11) is 0. The third-order valence-corrected chi connectivity index (χ3v) is 2.82. The molecule has 1 aliphatic heterocycles. The van der Waals surface area contributed by atoms with Crippen LogP contribution in [0.25, 0.3) is 0 Å². The van der Waals surface area contributed by atoms with Gasteiger partial charge in [0.2, 0.25) is 0 Å². The van der Waals surface area contributed by atoms with Crippen LogP contribution in [0, 0.1) is 11.3 Å². The van der Waals surface area contributed by atoms with Crippen molar-refractivity contribution < 1.29 is 14.3 Å². The van der Waals surface area contributed by atoms with Crippen LogP contribution in [0.5, 0.6) is 0 Å². The lowest BCUT2D eigenvalue weighted by molar-refractivity contribution is -0.180. The van der Waals surface area contributed by atoms with Gasteiger partial charge >= 0.3 is 0 Å². The molecule has 5 nitrogen and oxygen atoms in total. The molecule has 1 N–H and O–H groups in total. The fourth-order valence-electron chi connectivity index (χ4n) is 1.84. The first-order valence-corrected chi connectivity index (χ1v) is 6.31. The molecular weight excluding hydrogens is 244 g/mol. The molecule has 1 aromatic carbocycles. The minimum Gasteiger partial charge on any atom is -0.353 e. The van der Waals surface area contributed by atoms with E-state index in [1.54, 1.807) is 24.3 Å². The molecule has 1 heterocycles. The third kappa shape index (κ3) is 4.05. The van der Waals surface area contributed by atoms with E-state index in [-0.39, 0.29) is 12.2 Å². The molecule has 2 rings (SSSR count). The van der Waals surface area contributed by atoms with Gasteiger partial charge in [-0.3, -0.25) is 4.79 Å². The minimum absolute atomic E-state index is 0.187. The molecule has 100 valence electrons. The lowest BCUT2D eigenvalue weighted by Crippen LogP contribution is -2.31. The highest BCUT2D eigenvalue weighted by atomic mass is 16.7. The predicted octanol–water partition coefficient (Wildman–Crippen LogP) is 1.44. The van der Waals surface area contributed by atoms with E-state index in [0.717, 1.165) is 6.42 Å². The number of nitriles is 1. The zero-order valence-electron chi connectivity index (χ0n) is 10.6. The Morgan fingerprint density at radius 3 is 2.95 bits per heavy atom. The SMILES string of the molecule is N#Cc1cccc(C(=O)NCCC2OCCCO2)c1. The molecule has 1 fully saturated rings. The Kier molecular flexibility index (Phi) is 4.90. The summed E-state index contributed by atoms with van der Waals surface area (Å²) in [5, 5.41) is 11.6. The van der Waals surface area contributed by atoms with Crippen LogP contribution in [-0.2, 0) is 9.47 Å². The minimum atomic E-state index is -0.223. The molecule has 0 aliphatic carbocycles. The number of ether oxygens (including phenoxy) is 2. The van der Waals surface area contributed by atoms with E-state index in [4.69, 9.17) is 14.7 Å². The van der Waals surface area contributed by atoms with Crippen molar-refractivity contribution in [3.8, 4) is 6.07 Å². The van der Waals surface area contributed by atoms with Crippen molar-refractivity contribution in [3.05, 3.63) is 35.4 Å². The summed E-state index contributed by atoms with van der Waals surface area (Å²) in [6.45, 7) is 1.91. The van der Waals surface area contributed by atoms with Gasteiger partial charge in [0, 0.05) is 18.5 Å². The fourth-order valence-corrected chi connectivity index (χ4v) is 1.84. The van der Waals surface area contributed by atoms with Gasteiger partial charge in [0.15, 0.2) is 6.29 Å². The highest BCUT2D eigenvalue weighted by Crippen LogP contribution is 2.08. The Morgan fingerprint density at radius 1 is 1.42 bits per heavy atom. The van der Waals surface area contributed by atoms with Crippen LogP contribution in [0.2, 0.25) is 0 Å². The zero-order valence-corrected chi connectivity index (χ0v) is 10.6. The number of hydrogen-bond acceptors (Lipinski definition) is 4. The number of benzene rings is 1. The maximum absolute atomic E-state index is 11.9. The van der Waals surface area contributed by atoms with Crippen LogP contribution in [0.1, 0.15) is 28.8 Å². The van der Waals surface area contributed by atoms with Crippen LogP contribution in [0.15, 0.2) is 24.3 Å². The summed E-state index contributed by atoms with van der Waals surface area (Å²) in [6, 6.07) is 8.63. The van der Waals surface area contributed by atoms with Crippen molar-refractivity contribution in [2.24, 2.45) is 0 Å². The normalized spacial score (nSPS) is 15.7. The smallest absolute Gasteiger partial charge is 0.251 e. The molecule has 0 bridgehead atoms. The molecule has 19 heavy (non-hydrogen) atoms. The first kappa shape index (κ1) is 13.5. The highest BCUT2D eigenvalue weighted by molar-refractivity contribution is 5.94. The Morgan fingerprint density at radius 2 is 2.21 bits per heavy atom. The second-order valence-corrected chi connectivity index (χ2v) is 4.26. The van der Waals surface area contributed by atoms with Crippen molar-refractivity contribution in [2.75, 3.05) is 19.8 Å². The number of rotatable bonds is 4. The van der Waals surface area contributed by atoms with Crippen molar-refractivity contribution in [2.45, 2.75) is 19.1 Å². The van der Waals surface area contributed by atoms with Gasteiger partial charge in [-0.2, -0.15) is 5.26 Å². The Balaban J connectivity index is 1.79. The molecule has 0 saturated carbocycles. The van der Waals surface area contributed by atoms with Gasteiger partial charge in [-0.25, -0.2) is 0 Å². The summed E-state index contributed by atoms with van der Waals surface area (Å²) >= 11 is 0. The molecule has 0 atom stereocenters. The maximum atomic E-state index is 11.9. The first-order valence-electron chi connectivity index (χ1n) is 6.31. The lowest BCUT2D eigenvalue weighted by Gasteiger charge is -2.23. The molecule has 0 unspecified atom stereocenters. The van der Waals surface area contributed by atoms with Crippen molar-refractivity contribution in [1.82, 2.24) is 5.32 Å². The summed E-state index contributed by atoms with van der Waals surface area (Å²) < 4.78 is 10.8. The molecule has 0 spiro atoms. The number of carbonyl (C=O) groups is 1. The van der Waals surface area contributed by atoms with E-state index in [9.17, 15) is 4.79 Å². The Hall–Kier alpha value is -1.90. The fraction of sp³-hybridized carbons (Fsp3) is 0.429. The number of amides is 1. The van der Waals surface area contributed by atoms with Gasteiger partial charge in [-0.05, 0) is 24.6 Å². The number of carbonyl (C=O) groups excluding carboxylic acids is 1. The van der Waals surface area contributed by atoms with Crippen molar-refractivity contribution >= 4 is 5.91 Å². The second kappa shape index (κ2) is 6.88. The van der Waals surface area contributed by atoms with E-state index in [0.29, 0.717) is 37.3 Å².